The number of nitrogens with two attached hydrogens (primary N) is 1. The van der Waals surface area contributed by atoms with E-state index < -0.39 is 22.0 Å². The standard InChI is InChI=1S/C25H28ClN7O4S2/c1-14-9-20-21(12-29-14)38-23(30-20)25(35)33-8-7-32(13-16(33)3-2-6-27)39(36,37)24-18(11-22(28)34)17-10-15(26)4-5-19(17)31-24/h4-5,10,14,16,29,31H,2-3,7-9,11-13H2,1H3,(H2,28,34). The Morgan fingerprint density at radius 3 is 2.87 bits per heavy atom. The van der Waals surface area contributed by atoms with Gasteiger partial charge in [0.2, 0.25) is 5.91 Å². The molecule has 11 nitrogen and oxygen atoms in total. The van der Waals surface area contributed by atoms with Gasteiger partial charge in [-0.15, -0.1) is 11.3 Å². The smallest absolute Gasteiger partial charge is 0.283 e. The number of hydrogen-bond donors (Lipinski definition) is 3. The van der Waals surface area contributed by atoms with E-state index in [0.717, 1.165) is 17.0 Å². The molecule has 206 valence electrons. The number of rotatable bonds is 7. The summed E-state index contributed by atoms with van der Waals surface area (Å²) in [7, 11) is -4.11. The van der Waals surface area contributed by atoms with Crippen LogP contribution in [0.5, 0.6) is 0 Å². The summed E-state index contributed by atoms with van der Waals surface area (Å²) in [6.07, 6.45) is 0.935. The summed E-state index contributed by atoms with van der Waals surface area (Å²) in [5.41, 5.74) is 7.14. The molecule has 1 fully saturated rings. The van der Waals surface area contributed by atoms with Crippen molar-refractivity contribution in [2.75, 3.05) is 19.6 Å². The van der Waals surface area contributed by atoms with Gasteiger partial charge in [-0.2, -0.15) is 9.57 Å². The molecule has 4 heterocycles. The molecule has 2 aromatic heterocycles. The molecule has 4 N–H and O–H groups in total. The average molecular weight is 590 g/mol. The number of amides is 2. The molecule has 2 atom stereocenters. The molecule has 1 aromatic carbocycles. The number of nitrogens with zero attached hydrogens (tertiary/aromatic N) is 4. The van der Waals surface area contributed by atoms with Crippen LogP contribution in [0.1, 0.15) is 45.7 Å². The van der Waals surface area contributed by atoms with E-state index in [1.165, 1.54) is 15.6 Å². The van der Waals surface area contributed by atoms with Gasteiger partial charge >= 0.3 is 0 Å². The minimum absolute atomic E-state index is 0.00552. The molecule has 1 saturated heterocycles. The summed E-state index contributed by atoms with van der Waals surface area (Å²) >= 11 is 7.50. The molecule has 14 heteroatoms. The molecule has 0 saturated carbocycles. The van der Waals surface area contributed by atoms with Gasteiger partial charge in [-0.1, -0.05) is 11.6 Å². The minimum atomic E-state index is -4.11. The fraction of sp³-hybridized carbons (Fsp3) is 0.440. The second-order valence-corrected chi connectivity index (χ2v) is 13.2. The van der Waals surface area contributed by atoms with E-state index in [1.54, 1.807) is 23.1 Å². The van der Waals surface area contributed by atoms with E-state index in [0.29, 0.717) is 33.9 Å². The molecule has 0 aliphatic carbocycles. The first-order chi connectivity index (χ1) is 18.6. The Morgan fingerprint density at radius 2 is 2.13 bits per heavy atom. The van der Waals surface area contributed by atoms with Gasteiger partial charge in [0.1, 0.15) is 0 Å². The van der Waals surface area contributed by atoms with E-state index in [4.69, 9.17) is 17.3 Å². The van der Waals surface area contributed by atoms with Crippen LogP contribution in [0.15, 0.2) is 23.2 Å². The number of aromatic nitrogens is 2. The summed E-state index contributed by atoms with van der Waals surface area (Å²) < 4.78 is 29.1. The number of benzene rings is 1. The van der Waals surface area contributed by atoms with Crippen LogP contribution in [-0.2, 0) is 34.2 Å². The summed E-state index contributed by atoms with van der Waals surface area (Å²) in [6.45, 7) is 2.93. The van der Waals surface area contributed by atoms with Gasteiger partial charge in [-0.3, -0.25) is 9.59 Å². The molecule has 2 unspecified atom stereocenters. The minimum Gasteiger partial charge on any atom is -0.369 e. The number of halogens is 1. The molecule has 0 bridgehead atoms. The van der Waals surface area contributed by atoms with Crippen LogP contribution in [0.3, 0.4) is 0 Å². The highest BCUT2D eigenvalue weighted by molar-refractivity contribution is 7.89. The lowest BCUT2D eigenvalue weighted by molar-refractivity contribution is -0.117. The Bertz CT molecular complexity index is 1590. The maximum absolute atomic E-state index is 13.9. The predicted octanol–water partition coefficient (Wildman–Crippen LogP) is 2.16. The van der Waals surface area contributed by atoms with Crippen molar-refractivity contribution in [2.45, 2.75) is 56.3 Å². The number of piperazine rings is 1. The Kier molecular flexibility index (Phi) is 7.67. The highest BCUT2D eigenvalue weighted by Gasteiger charge is 2.39. The maximum Gasteiger partial charge on any atom is 0.283 e. The summed E-state index contributed by atoms with van der Waals surface area (Å²) in [6, 6.07) is 6.74. The number of sulfonamides is 1. The lowest BCUT2D eigenvalue weighted by atomic mass is 10.1. The Hall–Kier alpha value is -3.02. The number of nitriles is 1. The Morgan fingerprint density at radius 1 is 1.33 bits per heavy atom. The van der Waals surface area contributed by atoms with Crippen LogP contribution < -0.4 is 11.1 Å². The third-order valence-corrected chi connectivity index (χ3v) is 10.3. The van der Waals surface area contributed by atoms with Crippen molar-refractivity contribution in [3.8, 4) is 6.07 Å². The van der Waals surface area contributed by atoms with Crippen molar-refractivity contribution in [1.82, 2.24) is 24.5 Å². The van der Waals surface area contributed by atoms with Gasteiger partial charge in [-0.25, -0.2) is 13.4 Å². The van der Waals surface area contributed by atoms with Crippen molar-refractivity contribution < 1.29 is 18.0 Å². The summed E-state index contributed by atoms with van der Waals surface area (Å²) in [5.74, 6) is -0.929. The molecule has 5 rings (SSSR count). The first-order valence-corrected chi connectivity index (χ1v) is 15.2. The summed E-state index contributed by atoms with van der Waals surface area (Å²) in [4.78, 5) is 35.6. The quantitative estimate of drug-likeness (QED) is 0.380. The molecule has 2 aliphatic rings. The molecule has 2 aliphatic heterocycles. The fourth-order valence-corrected chi connectivity index (χ4v) is 8.06. The third-order valence-electron chi connectivity index (χ3n) is 7.15. The molecular formula is C25H28ClN7O4S2. The van der Waals surface area contributed by atoms with Crippen LogP contribution in [0.4, 0.5) is 0 Å². The van der Waals surface area contributed by atoms with E-state index in [9.17, 15) is 23.3 Å². The molecule has 39 heavy (non-hydrogen) atoms. The van der Waals surface area contributed by atoms with Crippen LogP contribution >= 0.6 is 22.9 Å². The van der Waals surface area contributed by atoms with Crippen molar-refractivity contribution in [2.24, 2.45) is 5.73 Å². The summed E-state index contributed by atoms with van der Waals surface area (Å²) in [5, 5.41) is 13.8. The zero-order chi connectivity index (χ0) is 27.9. The van der Waals surface area contributed by atoms with Crippen LogP contribution in [0.25, 0.3) is 10.9 Å². The van der Waals surface area contributed by atoms with Gasteiger partial charge in [0.05, 0.1) is 18.2 Å². The number of thiazole rings is 1. The molecular weight excluding hydrogens is 562 g/mol. The highest BCUT2D eigenvalue weighted by Crippen LogP contribution is 2.32. The molecule has 0 spiro atoms. The second kappa shape index (κ2) is 10.9. The number of carbonyl (C=O) groups excluding carboxylic acids is 2. The number of primary amides is 1. The van der Waals surface area contributed by atoms with Crippen molar-refractivity contribution in [1.29, 1.82) is 5.26 Å². The number of carbonyl (C=O) groups is 2. The predicted molar refractivity (Wildman–Crippen MR) is 147 cm³/mol. The number of H-pyrrole nitrogens is 1. The van der Waals surface area contributed by atoms with Gasteiger partial charge in [0, 0.05) is 77.5 Å². The van der Waals surface area contributed by atoms with E-state index in [1.807, 2.05) is 0 Å². The number of aromatic amines is 1. The van der Waals surface area contributed by atoms with Gasteiger partial charge in [0.15, 0.2) is 10.0 Å². The maximum atomic E-state index is 13.9. The highest BCUT2D eigenvalue weighted by atomic mass is 35.5. The topological polar surface area (TPSA) is 165 Å². The van der Waals surface area contributed by atoms with Crippen molar-refractivity contribution in [3.63, 3.8) is 0 Å². The zero-order valence-corrected chi connectivity index (χ0v) is 23.6. The number of nitrogens with one attached hydrogen (secondary N) is 2. The van der Waals surface area contributed by atoms with Gasteiger partial charge < -0.3 is 20.9 Å². The molecule has 2 amide bonds. The van der Waals surface area contributed by atoms with E-state index >= 15 is 0 Å². The van der Waals surface area contributed by atoms with Gasteiger partial charge in [0.25, 0.3) is 15.9 Å². The van der Waals surface area contributed by atoms with Gasteiger partial charge in [-0.05, 0) is 31.5 Å². The van der Waals surface area contributed by atoms with Crippen molar-refractivity contribution >= 4 is 55.7 Å². The Labute approximate surface area is 235 Å². The fourth-order valence-electron chi connectivity index (χ4n) is 5.21. The van der Waals surface area contributed by atoms with E-state index in [-0.39, 0.29) is 55.0 Å². The zero-order valence-electron chi connectivity index (χ0n) is 21.2. The average Bonchev–Trinajstić information content (AvgIpc) is 3.48. The lowest BCUT2D eigenvalue weighted by Crippen LogP contribution is -2.56. The van der Waals surface area contributed by atoms with Crippen LogP contribution in [0.2, 0.25) is 5.02 Å². The van der Waals surface area contributed by atoms with E-state index in [2.05, 4.69) is 28.3 Å². The van der Waals surface area contributed by atoms with Crippen LogP contribution in [-0.4, -0.2) is 71.1 Å². The molecule has 0 radical (unpaired) electrons. The monoisotopic (exact) mass is 589 g/mol. The lowest BCUT2D eigenvalue weighted by Gasteiger charge is -2.40. The first-order valence-electron chi connectivity index (χ1n) is 12.6. The molecule has 3 aromatic rings. The number of hydrogen-bond acceptors (Lipinski definition) is 8. The van der Waals surface area contributed by atoms with Crippen molar-refractivity contribution in [3.05, 3.63) is 44.4 Å². The second-order valence-electron chi connectivity index (χ2n) is 9.85. The number of fused-ring (bicyclic) bond motifs is 2. The third kappa shape index (κ3) is 5.39. The first kappa shape index (κ1) is 27.5. The Balaban J connectivity index is 1.44. The normalized spacial score (nSPS) is 20.1. The SMILES string of the molecule is CC1Cc2nc(C(=O)N3CCN(S(=O)(=O)c4[nH]c5ccc(Cl)cc5c4CC(N)=O)CC3CCC#N)sc2CN1. The largest absolute Gasteiger partial charge is 0.369 e. The van der Waals surface area contributed by atoms with Crippen LogP contribution in [0, 0.1) is 11.3 Å².